The Balaban J connectivity index is 2.53. The summed E-state index contributed by atoms with van der Waals surface area (Å²) in [6, 6.07) is 0. The number of aliphatic hydroxyl groups is 3. The zero-order valence-corrected chi connectivity index (χ0v) is 38.5. The summed E-state index contributed by atoms with van der Waals surface area (Å²) in [5, 5.41) is 30.9. The van der Waals surface area contributed by atoms with Gasteiger partial charge in [0.05, 0.1) is 6.61 Å². The van der Waals surface area contributed by atoms with Crippen molar-refractivity contribution in [2.75, 3.05) is 19.0 Å². The van der Waals surface area contributed by atoms with E-state index in [0.717, 1.165) is 44.9 Å². The van der Waals surface area contributed by atoms with Gasteiger partial charge in [0.15, 0.2) is 12.4 Å². The second-order valence-corrected chi connectivity index (χ2v) is 17.2. The Hall–Kier alpha value is -3.17. The van der Waals surface area contributed by atoms with Crippen LogP contribution in [0, 0.1) is 0 Å². The van der Waals surface area contributed by atoms with Crippen molar-refractivity contribution in [2.45, 2.75) is 192 Å². The van der Waals surface area contributed by atoms with Crippen LogP contribution in [0.3, 0.4) is 0 Å². The van der Waals surface area contributed by atoms with E-state index in [4.69, 9.17) is 18.9 Å². The van der Waals surface area contributed by atoms with Crippen LogP contribution in [0.2, 0.25) is 0 Å². The number of allylic oxidation sites excluding steroid dienone is 14. The zero-order valence-electron chi connectivity index (χ0n) is 37.7. The molecular formula is C49H80O12S. The first-order valence-electron chi connectivity index (χ1n) is 23.1. The van der Waals surface area contributed by atoms with Gasteiger partial charge in [-0.3, -0.25) is 14.1 Å². The van der Waals surface area contributed by atoms with Gasteiger partial charge in [0.2, 0.25) is 0 Å². The molecule has 62 heavy (non-hydrogen) atoms. The highest BCUT2D eigenvalue weighted by Crippen LogP contribution is 2.24. The molecule has 12 nitrogen and oxygen atoms in total. The maximum atomic E-state index is 12.8. The van der Waals surface area contributed by atoms with Crippen LogP contribution < -0.4 is 0 Å². The quantitative estimate of drug-likeness (QED) is 0.0201. The third-order valence-corrected chi connectivity index (χ3v) is 10.7. The van der Waals surface area contributed by atoms with Crippen molar-refractivity contribution < 1.29 is 56.8 Å². The van der Waals surface area contributed by atoms with Crippen LogP contribution in [-0.2, 0) is 38.7 Å². The van der Waals surface area contributed by atoms with Crippen LogP contribution in [0.4, 0.5) is 0 Å². The van der Waals surface area contributed by atoms with E-state index in [0.29, 0.717) is 25.7 Å². The molecule has 6 atom stereocenters. The molecule has 0 spiro atoms. The smallest absolute Gasteiger partial charge is 0.306 e. The number of rotatable bonds is 37. The average molecular weight is 893 g/mol. The molecule has 13 heteroatoms. The lowest BCUT2D eigenvalue weighted by Crippen LogP contribution is -2.60. The van der Waals surface area contributed by atoms with Crippen LogP contribution in [0.25, 0.3) is 0 Å². The van der Waals surface area contributed by atoms with Gasteiger partial charge in [0.1, 0.15) is 36.8 Å². The SMILES string of the molecule is CCCCC/C=C/C/C=C/C/C=C/C/C=C/CCCC(=O)OC[C@H](CO[C@H]1O[C@H](CS(=O)(=O)O)[C@@H](O)C(O)C1O)OC(=O)CCC/C=C/C/C=C/C/C=C/CCCCCCCC. The van der Waals surface area contributed by atoms with E-state index in [9.17, 15) is 37.9 Å². The highest BCUT2D eigenvalue weighted by molar-refractivity contribution is 7.85. The van der Waals surface area contributed by atoms with Crippen LogP contribution in [-0.4, -0.2) is 96.0 Å². The predicted molar refractivity (Wildman–Crippen MR) is 247 cm³/mol. The van der Waals surface area contributed by atoms with E-state index in [-0.39, 0.29) is 19.4 Å². The summed E-state index contributed by atoms with van der Waals surface area (Å²) in [5.41, 5.74) is 0. The topological polar surface area (TPSA) is 186 Å². The maximum Gasteiger partial charge on any atom is 0.306 e. The second kappa shape index (κ2) is 38.3. The Morgan fingerprint density at radius 2 is 0.968 bits per heavy atom. The number of esters is 2. The van der Waals surface area contributed by atoms with Gasteiger partial charge in [-0.1, -0.05) is 144 Å². The Labute approximate surface area is 373 Å². The van der Waals surface area contributed by atoms with Crippen molar-refractivity contribution in [1.29, 1.82) is 0 Å². The van der Waals surface area contributed by atoms with Crippen molar-refractivity contribution in [2.24, 2.45) is 0 Å². The van der Waals surface area contributed by atoms with E-state index in [1.165, 1.54) is 57.8 Å². The largest absolute Gasteiger partial charge is 0.462 e. The first-order chi connectivity index (χ1) is 30.0. The normalized spacial score (nSPS) is 20.6. The van der Waals surface area contributed by atoms with Gasteiger partial charge >= 0.3 is 11.9 Å². The molecule has 0 saturated carbocycles. The third kappa shape index (κ3) is 32.5. The van der Waals surface area contributed by atoms with Crippen molar-refractivity contribution >= 4 is 22.1 Å². The van der Waals surface area contributed by atoms with Gasteiger partial charge in [-0.15, -0.1) is 0 Å². The van der Waals surface area contributed by atoms with E-state index in [1.807, 2.05) is 24.3 Å². The van der Waals surface area contributed by atoms with E-state index >= 15 is 0 Å². The van der Waals surface area contributed by atoms with E-state index in [1.54, 1.807) is 0 Å². The molecule has 0 aromatic rings. The Kier molecular flexibility index (Phi) is 35.1. The van der Waals surface area contributed by atoms with Crippen LogP contribution in [0.15, 0.2) is 85.1 Å². The highest BCUT2D eigenvalue weighted by Gasteiger charge is 2.46. The van der Waals surface area contributed by atoms with Crippen LogP contribution in [0.5, 0.6) is 0 Å². The minimum Gasteiger partial charge on any atom is -0.462 e. The molecule has 2 unspecified atom stereocenters. The number of hydrogen-bond donors (Lipinski definition) is 4. The number of unbranched alkanes of at least 4 members (excludes halogenated alkanes) is 11. The molecule has 0 bridgehead atoms. The molecule has 0 radical (unpaired) electrons. The number of hydrogen-bond acceptors (Lipinski definition) is 11. The summed E-state index contributed by atoms with van der Waals surface area (Å²) < 4.78 is 54.0. The molecule has 1 aliphatic rings. The summed E-state index contributed by atoms with van der Waals surface area (Å²) in [5.74, 6) is -2.14. The fourth-order valence-electron chi connectivity index (χ4n) is 6.33. The Morgan fingerprint density at radius 3 is 1.47 bits per heavy atom. The van der Waals surface area contributed by atoms with Crippen molar-refractivity contribution in [3.8, 4) is 0 Å². The third-order valence-electron chi connectivity index (χ3n) is 9.95. The zero-order chi connectivity index (χ0) is 45.5. The summed E-state index contributed by atoms with van der Waals surface area (Å²) in [6.45, 7) is 3.62. The molecular weight excluding hydrogens is 813 g/mol. The average Bonchev–Trinajstić information content (AvgIpc) is 3.24. The van der Waals surface area contributed by atoms with Crippen molar-refractivity contribution in [1.82, 2.24) is 0 Å². The Bertz CT molecular complexity index is 1460. The summed E-state index contributed by atoms with van der Waals surface area (Å²) in [6.07, 6.45) is 40.7. The van der Waals surface area contributed by atoms with Gasteiger partial charge in [0.25, 0.3) is 10.1 Å². The van der Waals surface area contributed by atoms with Gasteiger partial charge in [0, 0.05) is 12.8 Å². The molecule has 0 amide bonds. The maximum absolute atomic E-state index is 12.8. The van der Waals surface area contributed by atoms with Crippen molar-refractivity contribution in [3.63, 3.8) is 0 Å². The van der Waals surface area contributed by atoms with Crippen LogP contribution in [0.1, 0.15) is 155 Å². The summed E-state index contributed by atoms with van der Waals surface area (Å²) in [7, 11) is -4.62. The molecule has 0 aliphatic carbocycles. The minimum absolute atomic E-state index is 0.0764. The standard InChI is InChI=1S/C49H80O12S/c1-3-5-7-9-11-13-15-17-19-21-23-25-27-29-31-33-35-37-44(50)58-39-42(40-59-49-48(54)47(53)46(52)43(61-49)41-62(55,56)57)60-45(51)38-36-34-32-30-28-26-24-22-20-18-16-14-12-10-8-6-4-2/h11,13,17-20,23-26,29-32,42-43,46-49,52-54H,3-10,12,14-16,21-22,27-28,33-41H2,1-2H3,(H,55,56,57)/b13-11+,19-17+,20-18+,25-23+,26-24+,31-29+,32-30+/t42-,43-,46-,47?,48?,49+/m1/s1. The lowest BCUT2D eigenvalue weighted by molar-refractivity contribution is -0.297. The van der Waals surface area contributed by atoms with Gasteiger partial charge in [-0.2, -0.15) is 8.42 Å². The number of carbonyl (C=O) groups is 2. The molecule has 1 aliphatic heterocycles. The minimum atomic E-state index is -4.62. The van der Waals surface area contributed by atoms with E-state index in [2.05, 4.69) is 74.6 Å². The molecule has 1 saturated heterocycles. The van der Waals surface area contributed by atoms with Gasteiger partial charge in [-0.05, 0) is 83.5 Å². The first-order valence-corrected chi connectivity index (χ1v) is 24.8. The van der Waals surface area contributed by atoms with Gasteiger partial charge in [-0.25, -0.2) is 0 Å². The number of carbonyl (C=O) groups excluding carboxylic acids is 2. The van der Waals surface area contributed by atoms with E-state index < -0.39 is 71.2 Å². The first kappa shape index (κ1) is 56.8. The molecule has 4 N–H and O–H groups in total. The molecule has 354 valence electrons. The molecule has 1 heterocycles. The summed E-state index contributed by atoms with van der Waals surface area (Å²) in [4.78, 5) is 25.4. The van der Waals surface area contributed by atoms with Gasteiger partial charge < -0.3 is 34.3 Å². The van der Waals surface area contributed by atoms with Crippen LogP contribution >= 0.6 is 0 Å². The highest BCUT2D eigenvalue weighted by atomic mass is 32.2. The summed E-state index contributed by atoms with van der Waals surface area (Å²) >= 11 is 0. The Morgan fingerprint density at radius 1 is 0.548 bits per heavy atom. The fraction of sp³-hybridized carbons (Fsp3) is 0.673. The predicted octanol–water partition coefficient (Wildman–Crippen LogP) is 9.67. The lowest BCUT2D eigenvalue weighted by atomic mass is 10.00. The lowest BCUT2D eigenvalue weighted by Gasteiger charge is -2.40. The van der Waals surface area contributed by atoms with Crippen molar-refractivity contribution in [3.05, 3.63) is 85.1 Å². The second-order valence-electron chi connectivity index (χ2n) is 15.7. The number of ether oxygens (including phenoxy) is 4. The number of aliphatic hydroxyl groups excluding tert-OH is 3. The monoisotopic (exact) mass is 893 g/mol. The molecule has 1 rings (SSSR count). The fourth-order valence-corrected chi connectivity index (χ4v) is 7.02. The molecule has 0 aromatic carbocycles. The molecule has 0 aromatic heterocycles. The molecule has 1 fully saturated rings.